The summed E-state index contributed by atoms with van der Waals surface area (Å²) in [6.07, 6.45) is -0.887. The maximum absolute atomic E-state index is 12.9. The van der Waals surface area contributed by atoms with E-state index in [4.69, 9.17) is 4.74 Å². The zero-order valence-corrected chi connectivity index (χ0v) is 16.0. The molecule has 0 spiro atoms. The van der Waals surface area contributed by atoms with Gasteiger partial charge in [0.05, 0.1) is 10.7 Å². The minimum absolute atomic E-state index is 0.347. The Morgan fingerprint density at radius 3 is 2.43 bits per heavy atom. The third-order valence-electron chi connectivity index (χ3n) is 3.78. The molecule has 0 aliphatic carbocycles. The quantitative estimate of drug-likeness (QED) is 0.644. The summed E-state index contributed by atoms with van der Waals surface area (Å²) in [6.45, 7) is 3.34. The van der Waals surface area contributed by atoms with Gasteiger partial charge in [0.1, 0.15) is 16.4 Å². The molecule has 0 aliphatic heterocycles. The van der Waals surface area contributed by atoms with Crippen LogP contribution in [0.2, 0.25) is 0 Å². The Labute approximate surface area is 165 Å². The number of hydrazine groups is 1. The zero-order chi connectivity index (χ0) is 20.1. The molecule has 8 heteroatoms. The molecule has 3 rings (SSSR count). The van der Waals surface area contributed by atoms with Crippen LogP contribution in [0.15, 0.2) is 54.6 Å². The van der Waals surface area contributed by atoms with Gasteiger partial charge in [0.25, 0.3) is 11.8 Å². The second kappa shape index (κ2) is 8.62. The monoisotopic (exact) mass is 399 g/mol. The maximum Gasteiger partial charge on any atom is 0.282 e. The number of thiazole rings is 1. The molecule has 28 heavy (non-hydrogen) atoms. The van der Waals surface area contributed by atoms with Gasteiger partial charge in [-0.3, -0.25) is 20.4 Å². The molecule has 0 aliphatic rings. The predicted molar refractivity (Wildman–Crippen MR) is 104 cm³/mol. The summed E-state index contributed by atoms with van der Waals surface area (Å²) in [5, 5.41) is 0.739. The molecular weight excluding hydrogens is 381 g/mol. The van der Waals surface area contributed by atoms with Crippen LogP contribution in [0.25, 0.3) is 11.3 Å². The Morgan fingerprint density at radius 2 is 1.75 bits per heavy atom. The Kier molecular flexibility index (Phi) is 6.00. The van der Waals surface area contributed by atoms with E-state index in [-0.39, 0.29) is 0 Å². The first-order chi connectivity index (χ1) is 13.4. The van der Waals surface area contributed by atoms with Crippen molar-refractivity contribution in [2.75, 3.05) is 0 Å². The molecule has 0 saturated heterocycles. The van der Waals surface area contributed by atoms with Gasteiger partial charge in [-0.05, 0) is 38.1 Å². The van der Waals surface area contributed by atoms with Gasteiger partial charge in [-0.15, -0.1) is 11.3 Å². The van der Waals surface area contributed by atoms with Crippen LogP contribution in [0.5, 0.6) is 5.75 Å². The van der Waals surface area contributed by atoms with Crippen molar-refractivity contribution in [1.29, 1.82) is 0 Å². The van der Waals surface area contributed by atoms with E-state index in [0.717, 1.165) is 10.6 Å². The molecule has 144 valence electrons. The summed E-state index contributed by atoms with van der Waals surface area (Å²) < 4.78 is 18.4. The Hall–Kier alpha value is -3.26. The second-order valence-electron chi connectivity index (χ2n) is 5.93. The molecule has 1 heterocycles. The molecule has 0 saturated carbocycles. The van der Waals surface area contributed by atoms with E-state index in [1.165, 1.54) is 42.5 Å². The van der Waals surface area contributed by atoms with E-state index < -0.39 is 23.7 Å². The van der Waals surface area contributed by atoms with Crippen molar-refractivity contribution in [2.45, 2.75) is 20.0 Å². The van der Waals surface area contributed by atoms with E-state index in [1.54, 1.807) is 0 Å². The third-order valence-corrected chi connectivity index (χ3v) is 4.75. The summed E-state index contributed by atoms with van der Waals surface area (Å²) in [7, 11) is 0. The van der Waals surface area contributed by atoms with E-state index in [0.29, 0.717) is 16.3 Å². The summed E-state index contributed by atoms with van der Waals surface area (Å²) in [4.78, 5) is 29.5. The summed E-state index contributed by atoms with van der Waals surface area (Å²) in [5.41, 5.74) is 6.11. The standard InChI is InChI=1S/C20H18FN3O3S/c1-12(27-16-10-8-15(21)9-11-16)19(25)23-24-20(26)18-17(22-13(2)28-18)14-6-4-3-5-7-14/h3-12H,1-2H3,(H,23,25)(H,24,26)/t12-/m0/s1. The molecule has 6 nitrogen and oxygen atoms in total. The van der Waals surface area contributed by atoms with Crippen LogP contribution in [0, 0.1) is 12.7 Å². The number of aromatic nitrogens is 1. The minimum atomic E-state index is -0.887. The van der Waals surface area contributed by atoms with Gasteiger partial charge >= 0.3 is 0 Å². The molecule has 2 aromatic carbocycles. The number of halogens is 1. The largest absolute Gasteiger partial charge is 0.481 e. The summed E-state index contributed by atoms with van der Waals surface area (Å²) in [6, 6.07) is 14.6. The van der Waals surface area contributed by atoms with Crippen LogP contribution in [-0.2, 0) is 4.79 Å². The molecular formula is C20H18FN3O3S. The number of rotatable bonds is 5. The number of amides is 2. The molecule has 2 N–H and O–H groups in total. The number of hydrogen-bond acceptors (Lipinski definition) is 5. The molecule has 0 bridgehead atoms. The fourth-order valence-corrected chi connectivity index (χ4v) is 3.26. The first-order valence-corrected chi connectivity index (χ1v) is 9.31. The number of nitrogens with one attached hydrogen (secondary N) is 2. The third kappa shape index (κ3) is 4.72. The van der Waals surface area contributed by atoms with Gasteiger partial charge in [0.15, 0.2) is 6.10 Å². The lowest BCUT2D eigenvalue weighted by atomic mass is 10.1. The fraction of sp³-hybridized carbons (Fsp3) is 0.150. The number of nitrogens with zero attached hydrogens (tertiary/aromatic N) is 1. The highest BCUT2D eigenvalue weighted by atomic mass is 32.1. The normalized spacial score (nSPS) is 11.5. The van der Waals surface area contributed by atoms with Crippen LogP contribution >= 0.6 is 11.3 Å². The molecule has 0 radical (unpaired) electrons. The van der Waals surface area contributed by atoms with Crippen LogP contribution < -0.4 is 15.6 Å². The van der Waals surface area contributed by atoms with Crippen molar-refractivity contribution in [3.8, 4) is 17.0 Å². The van der Waals surface area contributed by atoms with Gasteiger partial charge in [-0.1, -0.05) is 30.3 Å². The molecule has 3 aromatic rings. The Bertz CT molecular complexity index is 974. The first-order valence-electron chi connectivity index (χ1n) is 8.49. The smallest absolute Gasteiger partial charge is 0.282 e. The lowest BCUT2D eigenvalue weighted by Crippen LogP contribution is -2.47. The average molecular weight is 399 g/mol. The van der Waals surface area contributed by atoms with Crippen molar-refractivity contribution >= 4 is 23.2 Å². The second-order valence-corrected chi connectivity index (χ2v) is 7.14. The SMILES string of the molecule is Cc1nc(-c2ccccc2)c(C(=O)NNC(=O)[C@H](C)Oc2ccc(F)cc2)s1. The summed E-state index contributed by atoms with van der Waals surface area (Å²) >= 11 is 1.24. The van der Waals surface area contributed by atoms with Gasteiger partial charge < -0.3 is 4.74 Å². The molecule has 1 atom stereocenters. The van der Waals surface area contributed by atoms with Crippen LogP contribution in [0.4, 0.5) is 4.39 Å². The predicted octanol–water partition coefficient (Wildman–Crippen LogP) is 3.49. The van der Waals surface area contributed by atoms with Crippen molar-refractivity contribution in [3.63, 3.8) is 0 Å². The van der Waals surface area contributed by atoms with Crippen molar-refractivity contribution in [2.24, 2.45) is 0 Å². The zero-order valence-electron chi connectivity index (χ0n) is 15.2. The number of hydrogen-bond donors (Lipinski definition) is 2. The average Bonchev–Trinajstić information content (AvgIpc) is 3.10. The lowest BCUT2D eigenvalue weighted by Gasteiger charge is -2.15. The minimum Gasteiger partial charge on any atom is -0.481 e. The Balaban J connectivity index is 1.62. The topological polar surface area (TPSA) is 80.3 Å². The van der Waals surface area contributed by atoms with Gasteiger partial charge in [0, 0.05) is 5.56 Å². The van der Waals surface area contributed by atoms with Crippen molar-refractivity contribution in [1.82, 2.24) is 15.8 Å². The number of benzene rings is 2. The molecule has 0 unspecified atom stereocenters. The number of carbonyl (C=O) groups excluding carboxylic acids is 2. The highest BCUT2D eigenvalue weighted by Crippen LogP contribution is 2.27. The fourth-order valence-electron chi connectivity index (χ4n) is 2.42. The van der Waals surface area contributed by atoms with Crippen LogP contribution in [0.1, 0.15) is 21.6 Å². The van der Waals surface area contributed by atoms with Gasteiger partial charge in [0.2, 0.25) is 0 Å². The van der Waals surface area contributed by atoms with E-state index in [1.807, 2.05) is 37.3 Å². The van der Waals surface area contributed by atoms with Gasteiger partial charge in [-0.25, -0.2) is 9.37 Å². The lowest BCUT2D eigenvalue weighted by molar-refractivity contribution is -0.128. The van der Waals surface area contributed by atoms with Crippen molar-refractivity contribution in [3.05, 3.63) is 70.3 Å². The highest BCUT2D eigenvalue weighted by molar-refractivity contribution is 7.14. The number of aryl methyl sites for hydroxylation is 1. The molecule has 0 fully saturated rings. The number of carbonyl (C=O) groups is 2. The molecule has 1 aromatic heterocycles. The maximum atomic E-state index is 12.9. The molecule has 2 amide bonds. The first kappa shape index (κ1) is 19.5. The van der Waals surface area contributed by atoms with Crippen molar-refractivity contribution < 1.29 is 18.7 Å². The Morgan fingerprint density at radius 1 is 1.07 bits per heavy atom. The van der Waals surface area contributed by atoms with E-state index >= 15 is 0 Å². The summed E-state index contributed by atoms with van der Waals surface area (Å²) in [5.74, 6) is -1.06. The van der Waals surface area contributed by atoms with E-state index in [9.17, 15) is 14.0 Å². The highest BCUT2D eigenvalue weighted by Gasteiger charge is 2.20. The van der Waals surface area contributed by atoms with Crippen LogP contribution in [0.3, 0.4) is 0 Å². The van der Waals surface area contributed by atoms with E-state index in [2.05, 4.69) is 15.8 Å². The van der Waals surface area contributed by atoms with Gasteiger partial charge in [-0.2, -0.15) is 0 Å². The van der Waals surface area contributed by atoms with Crippen LogP contribution in [-0.4, -0.2) is 22.9 Å². The number of ether oxygens (including phenoxy) is 1.